The maximum Gasteiger partial charge on any atom is 0.376 e. The van der Waals surface area contributed by atoms with Gasteiger partial charge in [0.2, 0.25) is 5.76 Å². The van der Waals surface area contributed by atoms with E-state index in [2.05, 4.69) is 4.74 Å². The molecule has 2 rings (SSSR count). The Bertz CT molecular complexity index is 604. The Balaban J connectivity index is 2.52. The molecule has 1 heterocycles. The van der Waals surface area contributed by atoms with E-state index in [9.17, 15) is 9.18 Å². The van der Waals surface area contributed by atoms with Gasteiger partial charge in [-0.15, -0.1) is 0 Å². The van der Waals surface area contributed by atoms with Gasteiger partial charge in [-0.1, -0.05) is 6.07 Å². The standard InChI is InChI=1S/C13H12FNO3/c1-7-3-4-8(14)5-9(7)11-6-10(15)12(18-11)13(16)17-2/h3-6H,15H2,1-2H3. The Morgan fingerprint density at radius 1 is 1.39 bits per heavy atom. The van der Waals surface area contributed by atoms with Gasteiger partial charge in [-0.3, -0.25) is 0 Å². The number of nitrogens with two attached hydrogens (primary N) is 1. The quantitative estimate of drug-likeness (QED) is 0.831. The van der Waals surface area contributed by atoms with Gasteiger partial charge < -0.3 is 14.9 Å². The van der Waals surface area contributed by atoms with Crippen LogP contribution in [0.5, 0.6) is 0 Å². The largest absolute Gasteiger partial charge is 0.463 e. The lowest BCUT2D eigenvalue weighted by atomic mass is 10.1. The Hall–Kier alpha value is -2.30. The molecule has 0 amide bonds. The van der Waals surface area contributed by atoms with Gasteiger partial charge in [0.15, 0.2) is 0 Å². The van der Waals surface area contributed by atoms with Crippen LogP contribution in [0.25, 0.3) is 11.3 Å². The molecule has 0 aliphatic carbocycles. The van der Waals surface area contributed by atoms with E-state index < -0.39 is 5.97 Å². The molecule has 0 radical (unpaired) electrons. The molecule has 0 bridgehead atoms. The summed E-state index contributed by atoms with van der Waals surface area (Å²) in [6, 6.07) is 5.79. The van der Waals surface area contributed by atoms with E-state index in [4.69, 9.17) is 10.2 Å². The van der Waals surface area contributed by atoms with Crippen molar-refractivity contribution in [2.24, 2.45) is 0 Å². The molecule has 0 saturated carbocycles. The highest BCUT2D eigenvalue weighted by atomic mass is 19.1. The van der Waals surface area contributed by atoms with Gasteiger partial charge in [0.25, 0.3) is 0 Å². The van der Waals surface area contributed by atoms with Crippen LogP contribution in [-0.4, -0.2) is 13.1 Å². The molecular formula is C13H12FNO3. The predicted octanol–water partition coefficient (Wildman–Crippen LogP) is 2.76. The molecule has 94 valence electrons. The minimum absolute atomic E-state index is 0.0730. The average molecular weight is 249 g/mol. The summed E-state index contributed by atoms with van der Waals surface area (Å²) in [6.07, 6.45) is 0. The predicted molar refractivity (Wildman–Crippen MR) is 64.6 cm³/mol. The molecule has 18 heavy (non-hydrogen) atoms. The number of carbonyl (C=O) groups excluding carboxylic acids is 1. The Morgan fingerprint density at radius 3 is 2.78 bits per heavy atom. The molecule has 0 fully saturated rings. The van der Waals surface area contributed by atoms with E-state index in [1.165, 1.54) is 25.3 Å². The molecule has 0 aliphatic heterocycles. The summed E-state index contributed by atoms with van der Waals surface area (Å²) in [5, 5.41) is 0. The fourth-order valence-electron chi connectivity index (χ4n) is 1.65. The highest BCUT2D eigenvalue weighted by molar-refractivity contribution is 5.93. The van der Waals surface area contributed by atoms with Crippen LogP contribution in [0.2, 0.25) is 0 Å². The van der Waals surface area contributed by atoms with Crippen LogP contribution in [-0.2, 0) is 4.74 Å². The van der Waals surface area contributed by atoms with Crippen molar-refractivity contribution in [2.75, 3.05) is 12.8 Å². The van der Waals surface area contributed by atoms with Gasteiger partial charge in [0.1, 0.15) is 11.6 Å². The lowest BCUT2D eigenvalue weighted by molar-refractivity contribution is 0.0567. The number of halogens is 1. The molecule has 0 spiro atoms. The summed E-state index contributed by atoms with van der Waals surface area (Å²) in [7, 11) is 1.23. The van der Waals surface area contributed by atoms with E-state index in [0.717, 1.165) is 5.56 Å². The Morgan fingerprint density at radius 2 is 2.11 bits per heavy atom. The topological polar surface area (TPSA) is 65.5 Å². The third kappa shape index (κ3) is 2.07. The average Bonchev–Trinajstić information content (AvgIpc) is 2.73. The van der Waals surface area contributed by atoms with Crippen LogP contribution in [0.4, 0.5) is 10.1 Å². The lowest BCUT2D eigenvalue weighted by Gasteiger charge is -2.02. The van der Waals surface area contributed by atoms with Crippen LogP contribution >= 0.6 is 0 Å². The summed E-state index contributed by atoms with van der Waals surface area (Å²) < 4.78 is 23.1. The maximum absolute atomic E-state index is 13.2. The fourth-order valence-corrected chi connectivity index (χ4v) is 1.65. The third-order valence-electron chi connectivity index (χ3n) is 2.60. The number of methoxy groups -OCH3 is 1. The zero-order valence-corrected chi connectivity index (χ0v) is 9.99. The van der Waals surface area contributed by atoms with Crippen molar-refractivity contribution in [3.8, 4) is 11.3 Å². The van der Waals surface area contributed by atoms with Gasteiger partial charge in [-0.25, -0.2) is 9.18 Å². The number of rotatable bonds is 2. The number of benzene rings is 1. The zero-order chi connectivity index (χ0) is 13.3. The van der Waals surface area contributed by atoms with Crippen molar-refractivity contribution in [3.05, 3.63) is 41.4 Å². The molecule has 0 saturated heterocycles. The molecule has 1 aromatic heterocycles. The normalized spacial score (nSPS) is 10.4. The minimum atomic E-state index is -0.659. The van der Waals surface area contributed by atoms with Gasteiger partial charge in [-0.2, -0.15) is 0 Å². The van der Waals surface area contributed by atoms with Crippen molar-refractivity contribution in [1.82, 2.24) is 0 Å². The summed E-state index contributed by atoms with van der Waals surface area (Å²) >= 11 is 0. The maximum atomic E-state index is 13.2. The molecular weight excluding hydrogens is 237 g/mol. The SMILES string of the molecule is COC(=O)c1oc(-c2cc(F)ccc2C)cc1N. The van der Waals surface area contributed by atoms with E-state index in [-0.39, 0.29) is 17.3 Å². The molecule has 2 aromatic rings. The second-order valence-corrected chi connectivity index (χ2v) is 3.85. The molecule has 5 heteroatoms. The van der Waals surface area contributed by atoms with Crippen molar-refractivity contribution in [2.45, 2.75) is 6.92 Å². The second kappa shape index (κ2) is 4.52. The van der Waals surface area contributed by atoms with Gasteiger partial charge in [0, 0.05) is 11.6 Å². The highest BCUT2D eigenvalue weighted by Gasteiger charge is 2.18. The molecule has 0 atom stereocenters. The van der Waals surface area contributed by atoms with Crippen LogP contribution in [0.3, 0.4) is 0 Å². The van der Waals surface area contributed by atoms with E-state index in [1.807, 2.05) is 6.92 Å². The number of ether oxygens (including phenoxy) is 1. The smallest absolute Gasteiger partial charge is 0.376 e. The number of hydrogen-bond donors (Lipinski definition) is 1. The van der Waals surface area contributed by atoms with Gasteiger partial charge in [-0.05, 0) is 24.6 Å². The Labute approximate surface area is 103 Å². The number of anilines is 1. The monoisotopic (exact) mass is 249 g/mol. The first kappa shape index (κ1) is 12.2. The molecule has 0 unspecified atom stereocenters. The van der Waals surface area contributed by atoms with Crippen molar-refractivity contribution >= 4 is 11.7 Å². The fraction of sp³-hybridized carbons (Fsp3) is 0.154. The van der Waals surface area contributed by atoms with Crippen molar-refractivity contribution in [3.63, 3.8) is 0 Å². The van der Waals surface area contributed by atoms with Crippen molar-refractivity contribution < 1.29 is 18.3 Å². The number of aryl methyl sites for hydroxylation is 1. The zero-order valence-electron chi connectivity index (χ0n) is 9.99. The summed E-state index contributed by atoms with van der Waals surface area (Å²) in [5.41, 5.74) is 7.20. The minimum Gasteiger partial charge on any atom is -0.463 e. The number of nitrogen functional groups attached to an aromatic ring is 1. The third-order valence-corrected chi connectivity index (χ3v) is 2.60. The number of hydrogen-bond acceptors (Lipinski definition) is 4. The van der Waals surface area contributed by atoms with Gasteiger partial charge in [0.05, 0.1) is 12.8 Å². The molecule has 2 N–H and O–H groups in total. The van der Waals surface area contributed by atoms with Crippen LogP contribution in [0.1, 0.15) is 16.1 Å². The molecule has 4 nitrogen and oxygen atoms in total. The van der Waals surface area contributed by atoms with E-state index >= 15 is 0 Å². The first-order valence-corrected chi connectivity index (χ1v) is 5.27. The molecule has 0 aliphatic rings. The first-order chi connectivity index (χ1) is 8.52. The second-order valence-electron chi connectivity index (χ2n) is 3.85. The highest BCUT2D eigenvalue weighted by Crippen LogP contribution is 2.30. The van der Waals surface area contributed by atoms with Crippen LogP contribution in [0, 0.1) is 12.7 Å². The van der Waals surface area contributed by atoms with E-state index in [1.54, 1.807) is 6.07 Å². The summed E-state index contributed by atoms with van der Waals surface area (Å²) in [4.78, 5) is 11.4. The number of furan rings is 1. The van der Waals surface area contributed by atoms with Crippen LogP contribution in [0.15, 0.2) is 28.7 Å². The van der Waals surface area contributed by atoms with Gasteiger partial charge >= 0.3 is 5.97 Å². The number of carbonyl (C=O) groups is 1. The van der Waals surface area contributed by atoms with Crippen LogP contribution < -0.4 is 5.73 Å². The summed E-state index contributed by atoms with van der Waals surface area (Å²) in [6.45, 7) is 1.81. The molecule has 1 aromatic carbocycles. The lowest BCUT2D eigenvalue weighted by Crippen LogP contribution is -2.02. The van der Waals surface area contributed by atoms with Crippen molar-refractivity contribution in [1.29, 1.82) is 0 Å². The van der Waals surface area contributed by atoms with E-state index in [0.29, 0.717) is 11.3 Å². The first-order valence-electron chi connectivity index (χ1n) is 5.27. The Kier molecular flexibility index (Phi) is 3.06. The number of esters is 1. The summed E-state index contributed by atoms with van der Waals surface area (Å²) in [5.74, 6) is -0.779.